The molecule has 0 spiro atoms. The summed E-state index contributed by atoms with van der Waals surface area (Å²) in [6, 6.07) is 12.8. The number of benzene rings is 2. The van der Waals surface area contributed by atoms with Gasteiger partial charge in [-0.05, 0) is 44.5 Å². The van der Waals surface area contributed by atoms with Crippen molar-refractivity contribution in [1.29, 1.82) is 0 Å². The number of aryl methyl sites for hydroxylation is 2. The van der Waals surface area contributed by atoms with Crippen LogP contribution in [0.4, 0.5) is 11.4 Å². The zero-order valence-corrected chi connectivity index (χ0v) is 18.5. The van der Waals surface area contributed by atoms with Crippen LogP contribution in [0.15, 0.2) is 52.4 Å². The van der Waals surface area contributed by atoms with Gasteiger partial charge >= 0.3 is 0 Å². The van der Waals surface area contributed by atoms with Crippen LogP contribution in [-0.2, 0) is 9.59 Å². The largest absolute Gasteiger partial charge is 0.326 e. The van der Waals surface area contributed by atoms with Gasteiger partial charge in [0.25, 0.3) is 5.56 Å². The van der Waals surface area contributed by atoms with Crippen LogP contribution in [0.3, 0.4) is 0 Å². The number of anilines is 2. The van der Waals surface area contributed by atoms with Crippen molar-refractivity contribution in [3.63, 3.8) is 0 Å². The molecular formula is C22H23N5O3S. The predicted molar refractivity (Wildman–Crippen MR) is 122 cm³/mol. The van der Waals surface area contributed by atoms with Crippen LogP contribution in [0, 0.1) is 13.8 Å². The normalized spacial score (nSPS) is 11.6. The van der Waals surface area contributed by atoms with Crippen LogP contribution in [0.2, 0.25) is 0 Å². The molecule has 0 saturated heterocycles. The summed E-state index contributed by atoms with van der Waals surface area (Å²) in [4.78, 5) is 39.4. The standard InChI is InChI=1S/C22H23N5O3S/c1-12-9-10-18(23-15(4)28)16(11-12)19-21(30)25-22(27-26-19)31-14(3)20(29)24-17-8-6-5-7-13(17)2/h5-11,14H,1-4H3,(H,23,28)(H,24,29)(H,25,27,30)/t14-/m1/s1. The van der Waals surface area contributed by atoms with E-state index in [-0.39, 0.29) is 22.7 Å². The number of rotatable bonds is 6. The SMILES string of the molecule is CC(=O)Nc1ccc(C)cc1-c1nnc(S[C@H](C)C(=O)Nc2ccccc2C)[nH]c1=O. The van der Waals surface area contributed by atoms with Crippen LogP contribution < -0.4 is 16.2 Å². The van der Waals surface area contributed by atoms with E-state index in [9.17, 15) is 14.4 Å². The lowest BCUT2D eigenvalue weighted by Crippen LogP contribution is -2.24. The highest BCUT2D eigenvalue weighted by molar-refractivity contribution is 8.00. The third-order valence-electron chi connectivity index (χ3n) is 4.48. The van der Waals surface area contributed by atoms with Gasteiger partial charge in [-0.25, -0.2) is 0 Å². The summed E-state index contributed by atoms with van der Waals surface area (Å²) in [5, 5.41) is 13.4. The minimum Gasteiger partial charge on any atom is -0.326 e. The molecule has 2 amide bonds. The Balaban J connectivity index is 1.79. The lowest BCUT2D eigenvalue weighted by Gasteiger charge is -2.13. The molecule has 31 heavy (non-hydrogen) atoms. The summed E-state index contributed by atoms with van der Waals surface area (Å²) in [5.41, 5.74) is 3.19. The number of hydrogen-bond donors (Lipinski definition) is 3. The summed E-state index contributed by atoms with van der Waals surface area (Å²) in [7, 11) is 0. The maximum Gasteiger partial charge on any atom is 0.278 e. The topological polar surface area (TPSA) is 117 Å². The number of para-hydroxylation sites is 1. The number of carbonyl (C=O) groups is 2. The van der Waals surface area contributed by atoms with E-state index in [0.29, 0.717) is 11.3 Å². The number of nitrogens with zero attached hydrogens (tertiary/aromatic N) is 2. The highest BCUT2D eigenvalue weighted by atomic mass is 32.2. The molecule has 9 heteroatoms. The van der Waals surface area contributed by atoms with Gasteiger partial charge in [0.2, 0.25) is 11.8 Å². The number of aromatic nitrogens is 3. The number of carbonyl (C=O) groups excluding carboxylic acids is 2. The number of amides is 2. The van der Waals surface area contributed by atoms with Crippen LogP contribution in [-0.4, -0.2) is 32.2 Å². The fourth-order valence-electron chi connectivity index (χ4n) is 2.87. The zero-order chi connectivity index (χ0) is 22.5. The molecule has 0 fully saturated rings. The maximum atomic E-state index is 12.7. The fraction of sp³-hybridized carbons (Fsp3) is 0.227. The van der Waals surface area contributed by atoms with E-state index in [2.05, 4.69) is 25.8 Å². The Morgan fingerprint density at radius 2 is 1.77 bits per heavy atom. The zero-order valence-electron chi connectivity index (χ0n) is 17.6. The number of H-pyrrole nitrogens is 1. The second kappa shape index (κ2) is 9.57. The van der Waals surface area contributed by atoms with Crippen molar-refractivity contribution in [2.24, 2.45) is 0 Å². The first-order chi connectivity index (χ1) is 14.7. The fourth-order valence-corrected chi connectivity index (χ4v) is 3.61. The van der Waals surface area contributed by atoms with Crippen molar-refractivity contribution in [1.82, 2.24) is 15.2 Å². The summed E-state index contributed by atoms with van der Waals surface area (Å²) in [6.07, 6.45) is 0. The van der Waals surface area contributed by atoms with Gasteiger partial charge in [-0.2, -0.15) is 0 Å². The van der Waals surface area contributed by atoms with Crippen LogP contribution >= 0.6 is 11.8 Å². The van der Waals surface area contributed by atoms with Crippen LogP contribution in [0.25, 0.3) is 11.3 Å². The van der Waals surface area contributed by atoms with E-state index < -0.39 is 10.8 Å². The molecule has 160 valence electrons. The van der Waals surface area contributed by atoms with Gasteiger partial charge in [-0.15, -0.1) is 10.2 Å². The quantitative estimate of drug-likeness (QED) is 0.508. The third kappa shape index (κ3) is 5.58. The maximum absolute atomic E-state index is 12.7. The van der Waals surface area contributed by atoms with E-state index in [1.165, 1.54) is 6.92 Å². The third-order valence-corrected chi connectivity index (χ3v) is 5.45. The monoisotopic (exact) mass is 437 g/mol. The Bertz CT molecular complexity index is 1190. The van der Waals surface area contributed by atoms with E-state index in [0.717, 1.165) is 28.6 Å². The van der Waals surface area contributed by atoms with E-state index in [1.807, 2.05) is 44.2 Å². The molecule has 0 unspecified atom stereocenters. The molecule has 3 aromatic rings. The smallest absolute Gasteiger partial charge is 0.278 e. The van der Waals surface area contributed by atoms with E-state index in [4.69, 9.17) is 0 Å². The molecule has 0 bridgehead atoms. The second-order valence-electron chi connectivity index (χ2n) is 7.10. The Morgan fingerprint density at radius 3 is 2.45 bits per heavy atom. The van der Waals surface area contributed by atoms with Gasteiger partial charge < -0.3 is 10.6 Å². The first-order valence-corrected chi connectivity index (χ1v) is 10.5. The van der Waals surface area contributed by atoms with Gasteiger partial charge in [0, 0.05) is 18.2 Å². The molecule has 0 aliphatic carbocycles. The molecule has 1 atom stereocenters. The minimum absolute atomic E-state index is 0.0915. The Kier molecular flexibility index (Phi) is 6.86. The number of aromatic amines is 1. The van der Waals surface area contributed by atoms with Gasteiger partial charge in [-0.3, -0.25) is 19.4 Å². The average molecular weight is 438 g/mol. The average Bonchev–Trinajstić information content (AvgIpc) is 2.71. The lowest BCUT2D eigenvalue weighted by atomic mass is 10.1. The van der Waals surface area contributed by atoms with Crippen molar-refractivity contribution in [2.45, 2.75) is 38.1 Å². The number of thioether (sulfide) groups is 1. The van der Waals surface area contributed by atoms with Crippen molar-refractivity contribution in [3.05, 3.63) is 63.9 Å². The summed E-state index contributed by atoms with van der Waals surface area (Å²) in [5.74, 6) is -0.465. The van der Waals surface area contributed by atoms with Crippen molar-refractivity contribution < 1.29 is 9.59 Å². The van der Waals surface area contributed by atoms with Gasteiger partial charge in [-0.1, -0.05) is 41.6 Å². The molecule has 0 aliphatic heterocycles. The number of nitrogens with one attached hydrogen (secondary N) is 3. The van der Waals surface area contributed by atoms with E-state index in [1.54, 1.807) is 19.1 Å². The predicted octanol–water partition coefficient (Wildman–Crippen LogP) is 3.53. The van der Waals surface area contributed by atoms with Gasteiger partial charge in [0.15, 0.2) is 10.9 Å². The number of hydrogen-bond acceptors (Lipinski definition) is 6. The van der Waals surface area contributed by atoms with Crippen LogP contribution in [0.1, 0.15) is 25.0 Å². The first kappa shape index (κ1) is 22.2. The Labute approximate surface area is 183 Å². The molecule has 3 rings (SSSR count). The molecule has 0 radical (unpaired) electrons. The van der Waals surface area contributed by atoms with Crippen LogP contribution in [0.5, 0.6) is 0 Å². The molecular weight excluding hydrogens is 414 g/mol. The van der Waals surface area contributed by atoms with Crippen molar-refractivity contribution in [2.75, 3.05) is 10.6 Å². The van der Waals surface area contributed by atoms with Crippen molar-refractivity contribution in [3.8, 4) is 11.3 Å². The molecule has 1 aromatic heterocycles. The second-order valence-corrected chi connectivity index (χ2v) is 8.43. The summed E-state index contributed by atoms with van der Waals surface area (Å²) in [6.45, 7) is 6.90. The Hall–Kier alpha value is -3.46. The van der Waals surface area contributed by atoms with Crippen molar-refractivity contribution >= 4 is 35.0 Å². The lowest BCUT2D eigenvalue weighted by molar-refractivity contribution is -0.115. The molecule has 0 saturated carbocycles. The van der Waals surface area contributed by atoms with Gasteiger partial charge in [0.1, 0.15) is 0 Å². The Morgan fingerprint density at radius 1 is 1.03 bits per heavy atom. The summed E-state index contributed by atoms with van der Waals surface area (Å²) < 4.78 is 0. The molecule has 1 heterocycles. The summed E-state index contributed by atoms with van der Waals surface area (Å²) >= 11 is 1.10. The minimum atomic E-state index is -0.510. The first-order valence-electron chi connectivity index (χ1n) is 9.63. The molecule has 0 aliphatic rings. The molecule has 2 aromatic carbocycles. The molecule has 8 nitrogen and oxygen atoms in total. The highest BCUT2D eigenvalue weighted by Crippen LogP contribution is 2.26. The van der Waals surface area contributed by atoms with E-state index >= 15 is 0 Å². The molecule has 3 N–H and O–H groups in total. The van der Waals surface area contributed by atoms with Gasteiger partial charge in [0.05, 0.1) is 10.9 Å². The highest BCUT2D eigenvalue weighted by Gasteiger charge is 2.19.